The van der Waals surface area contributed by atoms with Crippen molar-refractivity contribution >= 4 is 35.0 Å². The molecule has 0 aliphatic heterocycles. The first-order valence-electron chi connectivity index (χ1n) is 5.70. The molecule has 6 nitrogen and oxygen atoms in total. The lowest BCUT2D eigenvalue weighted by Crippen LogP contribution is -2.08. The molecular weight excluding hydrogens is 319 g/mol. The van der Waals surface area contributed by atoms with Crippen LogP contribution in [0.25, 0.3) is 0 Å². The zero-order chi connectivity index (χ0) is 15.7. The molecule has 0 amide bonds. The molecule has 21 heavy (non-hydrogen) atoms. The summed E-state index contributed by atoms with van der Waals surface area (Å²) in [6.45, 7) is 0. The first-order chi connectivity index (χ1) is 9.88. The number of hydrogen-bond acceptors (Lipinski definition) is 5. The van der Waals surface area contributed by atoms with Gasteiger partial charge in [-0.3, -0.25) is 4.79 Å². The summed E-state index contributed by atoms with van der Waals surface area (Å²) in [5.74, 6) is -1.63. The normalized spacial score (nSPS) is 10.5. The van der Waals surface area contributed by atoms with Crippen LogP contribution >= 0.6 is 23.2 Å². The van der Waals surface area contributed by atoms with Gasteiger partial charge in [-0.15, -0.1) is 0 Å². The predicted octanol–water partition coefficient (Wildman–Crippen LogP) is 2.45. The lowest BCUT2D eigenvalue weighted by Gasteiger charge is -2.09. The van der Waals surface area contributed by atoms with Gasteiger partial charge in [-0.2, -0.15) is 5.10 Å². The van der Waals surface area contributed by atoms with Crippen molar-refractivity contribution in [2.24, 2.45) is 7.05 Å². The molecule has 0 radical (unpaired) electrons. The van der Waals surface area contributed by atoms with Gasteiger partial charge in [0.1, 0.15) is 5.56 Å². The Morgan fingerprint density at radius 3 is 2.48 bits per heavy atom. The fraction of sp³-hybridized carbons (Fsp3) is 0.154. The third-order valence-corrected chi connectivity index (χ3v) is 3.58. The molecule has 0 fully saturated rings. The number of aromatic hydroxyl groups is 1. The number of hydrogen-bond donors (Lipinski definition) is 1. The summed E-state index contributed by atoms with van der Waals surface area (Å²) in [5, 5.41) is 13.5. The second-order valence-corrected chi connectivity index (χ2v) is 4.90. The van der Waals surface area contributed by atoms with Gasteiger partial charge in [0.15, 0.2) is 0 Å². The summed E-state index contributed by atoms with van der Waals surface area (Å²) < 4.78 is 5.72. The minimum atomic E-state index is -0.755. The van der Waals surface area contributed by atoms with E-state index in [2.05, 4.69) is 9.84 Å². The van der Waals surface area contributed by atoms with E-state index in [0.717, 1.165) is 4.68 Å². The van der Waals surface area contributed by atoms with Crippen LogP contribution in [0, 0.1) is 0 Å². The Morgan fingerprint density at radius 1 is 1.29 bits per heavy atom. The van der Waals surface area contributed by atoms with Gasteiger partial charge in [-0.25, -0.2) is 9.48 Å². The van der Waals surface area contributed by atoms with Crippen molar-refractivity contribution < 1.29 is 19.4 Å². The highest BCUT2D eigenvalue weighted by Gasteiger charge is 2.25. The van der Waals surface area contributed by atoms with Crippen molar-refractivity contribution in [3.8, 4) is 5.88 Å². The van der Waals surface area contributed by atoms with Crippen molar-refractivity contribution in [1.29, 1.82) is 0 Å². The van der Waals surface area contributed by atoms with Gasteiger partial charge in [-0.1, -0.05) is 23.2 Å². The molecule has 2 aromatic rings. The smallest absolute Gasteiger partial charge is 0.340 e. The quantitative estimate of drug-likeness (QED) is 0.691. The molecule has 0 aliphatic rings. The molecule has 0 saturated heterocycles. The van der Waals surface area contributed by atoms with Crippen LogP contribution in [0.2, 0.25) is 10.0 Å². The van der Waals surface area contributed by atoms with Crippen LogP contribution in [0.3, 0.4) is 0 Å². The maximum Gasteiger partial charge on any atom is 0.340 e. The minimum Gasteiger partial charge on any atom is -0.493 e. The SMILES string of the molecule is COC(=O)c1c(Cl)ccc(C(=O)c2cnn(C)c2O)c1Cl. The zero-order valence-corrected chi connectivity index (χ0v) is 12.6. The number of halogens is 2. The van der Waals surface area contributed by atoms with Gasteiger partial charge < -0.3 is 9.84 Å². The molecule has 0 aliphatic carbocycles. The maximum atomic E-state index is 12.4. The number of ketones is 1. The van der Waals surface area contributed by atoms with Crippen LogP contribution < -0.4 is 0 Å². The number of esters is 1. The van der Waals surface area contributed by atoms with E-state index in [1.807, 2.05) is 0 Å². The number of benzene rings is 1. The molecule has 1 aromatic carbocycles. The lowest BCUT2D eigenvalue weighted by atomic mass is 10.0. The first-order valence-corrected chi connectivity index (χ1v) is 6.46. The highest BCUT2D eigenvalue weighted by Crippen LogP contribution is 2.31. The Hall–Kier alpha value is -2.05. The van der Waals surface area contributed by atoms with Crippen LogP contribution in [0.4, 0.5) is 0 Å². The summed E-state index contributed by atoms with van der Waals surface area (Å²) in [6, 6.07) is 2.73. The van der Waals surface area contributed by atoms with E-state index in [0.29, 0.717) is 0 Å². The lowest BCUT2D eigenvalue weighted by molar-refractivity contribution is 0.0601. The molecule has 1 N–H and O–H groups in total. The number of carbonyl (C=O) groups excluding carboxylic acids is 2. The van der Waals surface area contributed by atoms with E-state index in [-0.39, 0.29) is 32.6 Å². The van der Waals surface area contributed by atoms with Crippen LogP contribution in [-0.4, -0.2) is 33.7 Å². The van der Waals surface area contributed by atoms with Crippen LogP contribution in [-0.2, 0) is 11.8 Å². The highest BCUT2D eigenvalue weighted by molar-refractivity contribution is 6.41. The van der Waals surface area contributed by atoms with Crippen molar-refractivity contribution in [3.63, 3.8) is 0 Å². The number of rotatable bonds is 3. The fourth-order valence-electron chi connectivity index (χ4n) is 1.75. The number of aromatic nitrogens is 2. The van der Waals surface area contributed by atoms with E-state index in [1.54, 1.807) is 0 Å². The molecular formula is C13H10Cl2N2O4. The van der Waals surface area contributed by atoms with E-state index >= 15 is 0 Å². The molecule has 1 aromatic heterocycles. The molecule has 1 heterocycles. The molecule has 0 bridgehead atoms. The number of methoxy groups -OCH3 is 1. The summed E-state index contributed by atoms with van der Waals surface area (Å²) in [6.07, 6.45) is 1.21. The summed E-state index contributed by atoms with van der Waals surface area (Å²) in [4.78, 5) is 24.1. The van der Waals surface area contributed by atoms with Crippen molar-refractivity contribution in [3.05, 3.63) is 45.1 Å². The molecule has 0 saturated carbocycles. The van der Waals surface area contributed by atoms with Gasteiger partial charge in [0, 0.05) is 12.6 Å². The Kier molecular flexibility index (Phi) is 4.20. The Balaban J connectivity index is 2.58. The van der Waals surface area contributed by atoms with E-state index in [9.17, 15) is 14.7 Å². The highest BCUT2D eigenvalue weighted by atomic mass is 35.5. The molecule has 8 heteroatoms. The molecule has 0 atom stereocenters. The third-order valence-electron chi connectivity index (χ3n) is 2.88. The standard InChI is InChI=1S/C13H10Cl2N2O4/c1-17-12(19)7(5-16-17)11(18)6-3-4-8(14)9(10(6)15)13(20)21-2/h3-5,19H,1-2H3. The molecule has 0 unspecified atom stereocenters. The van der Waals surface area contributed by atoms with Crippen molar-refractivity contribution in [1.82, 2.24) is 9.78 Å². The third kappa shape index (κ3) is 2.59. The van der Waals surface area contributed by atoms with Crippen molar-refractivity contribution in [2.75, 3.05) is 7.11 Å². The topological polar surface area (TPSA) is 81.4 Å². The van der Waals surface area contributed by atoms with Gasteiger partial charge in [0.05, 0.1) is 28.9 Å². The zero-order valence-electron chi connectivity index (χ0n) is 11.1. The average molecular weight is 329 g/mol. The molecule has 110 valence electrons. The van der Waals surface area contributed by atoms with Gasteiger partial charge in [0.2, 0.25) is 11.7 Å². The number of nitrogens with zero attached hydrogens (tertiary/aromatic N) is 2. The van der Waals surface area contributed by atoms with Crippen LogP contribution in [0.5, 0.6) is 5.88 Å². The Labute approximate surface area is 129 Å². The van der Waals surface area contributed by atoms with E-state index < -0.39 is 11.8 Å². The Bertz CT molecular complexity index is 740. The predicted molar refractivity (Wildman–Crippen MR) is 76.1 cm³/mol. The summed E-state index contributed by atoms with van der Waals surface area (Å²) >= 11 is 12.0. The maximum absolute atomic E-state index is 12.4. The minimum absolute atomic E-state index is 0.0183. The second-order valence-electron chi connectivity index (χ2n) is 4.11. The molecule has 0 spiro atoms. The largest absolute Gasteiger partial charge is 0.493 e. The van der Waals surface area contributed by atoms with Crippen LogP contribution in [0.1, 0.15) is 26.3 Å². The second kappa shape index (κ2) is 5.75. The van der Waals surface area contributed by atoms with E-state index in [1.165, 1.54) is 32.5 Å². The number of aryl methyl sites for hydroxylation is 1. The number of carbonyl (C=O) groups is 2. The number of ether oxygens (including phenoxy) is 1. The van der Waals surface area contributed by atoms with E-state index in [4.69, 9.17) is 23.2 Å². The van der Waals surface area contributed by atoms with Gasteiger partial charge in [0.25, 0.3) is 0 Å². The summed E-state index contributed by atoms with van der Waals surface area (Å²) in [7, 11) is 2.66. The fourth-order valence-corrected chi connectivity index (χ4v) is 2.36. The monoisotopic (exact) mass is 328 g/mol. The van der Waals surface area contributed by atoms with Crippen molar-refractivity contribution in [2.45, 2.75) is 0 Å². The van der Waals surface area contributed by atoms with Gasteiger partial charge in [-0.05, 0) is 12.1 Å². The van der Waals surface area contributed by atoms with Crippen LogP contribution in [0.15, 0.2) is 18.3 Å². The molecule has 2 rings (SSSR count). The Morgan fingerprint density at radius 2 is 1.95 bits per heavy atom. The summed E-state index contributed by atoms with van der Waals surface area (Å²) in [5.41, 5.74) is -0.114. The first kappa shape index (κ1) is 15.3. The average Bonchev–Trinajstić information content (AvgIpc) is 2.78. The van der Waals surface area contributed by atoms with Gasteiger partial charge >= 0.3 is 5.97 Å².